The van der Waals surface area contributed by atoms with Crippen molar-refractivity contribution in [2.45, 2.75) is 69.0 Å². The third-order valence-electron chi connectivity index (χ3n) is 5.96. The first-order chi connectivity index (χ1) is 22.6. The van der Waals surface area contributed by atoms with E-state index in [1.807, 2.05) is 20.8 Å². The molecule has 1 fully saturated rings. The van der Waals surface area contributed by atoms with Gasteiger partial charge in [0.2, 0.25) is 17.8 Å². The Labute approximate surface area is 300 Å². The van der Waals surface area contributed by atoms with Crippen LogP contribution in [-0.4, -0.2) is 87.8 Å². The average molecular weight is 830 g/mol. The summed E-state index contributed by atoms with van der Waals surface area (Å²) in [4.78, 5) is 54.8. The van der Waals surface area contributed by atoms with Crippen molar-refractivity contribution in [1.82, 2.24) is 9.97 Å². The Hall–Kier alpha value is -0.210. The molecule has 49 heavy (non-hydrogen) atoms. The van der Waals surface area contributed by atoms with Crippen LogP contribution >= 0.6 is 67.0 Å². The van der Waals surface area contributed by atoms with Gasteiger partial charge in [-0.3, -0.25) is 9.88 Å². The van der Waals surface area contributed by atoms with Gasteiger partial charge in [0.05, 0.1) is 17.9 Å². The Bertz CT molecular complexity index is 1570. The molecule has 0 saturated carbocycles. The van der Waals surface area contributed by atoms with E-state index < -0.39 is 48.9 Å². The van der Waals surface area contributed by atoms with Crippen LogP contribution in [0, 0.1) is 11.8 Å². The van der Waals surface area contributed by atoms with E-state index in [0.29, 0.717) is 29.1 Å². The Kier molecular flexibility index (Phi) is 16.1. The number of nitrogens with two attached hydrogens (primary N) is 2. The van der Waals surface area contributed by atoms with Gasteiger partial charge in [-0.1, -0.05) is 80.8 Å². The van der Waals surface area contributed by atoms with Crippen LogP contribution in [-0.2, 0) is 36.5 Å². The van der Waals surface area contributed by atoms with Crippen LogP contribution in [0.25, 0.3) is 11.0 Å². The molecule has 18 nitrogen and oxygen atoms in total. The molecule has 0 bridgehead atoms. The lowest BCUT2D eigenvalue weighted by molar-refractivity contribution is -0.740. The van der Waals surface area contributed by atoms with Crippen molar-refractivity contribution < 1.29 is 65.5 Å². The number of fused-ring (bicyclic) bond motifs is 1. The number of aromatic amines is 1. The number of H-pyrrole nitrogens is 1. The van der Waals surface area contributed by atoms with Crippen LogP contribution in [0.4, 0.5) is 5.82 Å². The second kappa shape index (κ2) is 18.2. The van der Waals surface area contributed by atoms with Gasteiger partial charge in [0.25, 0.3) is 0 Å². The van der Waals surface area contributed by atoms with Crippen molar-refractivity contribution in [3.8, 4) is 11.8 Å². The molecular formula is C24H42N5O13P3S4+2. The zero-order chi connectivity index (χ0) is 36.7. The van der Waals surface area contributed by atoms with Gasteiger partial charge in [0.1, 0.15) is 36.6 Å². The lowest BCUT2D eigenvalue weighted by Gasteiger charge is -2.20. The van der Waals surface area contributed by atoms with E-state index in [9.17, 15) is 23.8 Å². The first-order valence-corrected chi connectivity index (χ1v) is 23.4. The molecule has 3 heterocycles. The maximum atomic E-state index is 11.9. The standard InChI is InChI=1S/C24H40N5O13P3S4/c1-23(2,3)48-47-15-38-17-9-19(40-18(17)11-39-44(33,34)42-45(35,36)41-43(30,31)32)29-13-28-21(26)20-16(10-27-22(20)29)7-6-8-37-14-46-49-24(4,5)12-25/h10,13,17-19,33-34H,8-9,11-12,14-15,25H2,1-5H3,(H4-,26,27,30,31,32,35,36)/p+2/t17?,18-,19-/m1/s1. The number of nitrogens with one attached hydrogen (secondary N) is 1. The molecular weight excluding hydrogens is 787 g/mol. The molecule has 2 aromatic heterocycles. The minimum atomic E-state index is -5.63. The number of aromatic nitrogens is 3. The highest BCUT2D eigenvalue weighted by atomic mass is 33.1. The second-order valence-corrected chi connectivity index (χ2v) is 22.3. The lowest BCUT2D eigenvalue weighted by Crippen LogP contribution is -2.41. The average Bonchev–Trinajstić information content (AvgIpc) is 3.56. The highest BCUT2D eigenvalue weighted by Crippen LogP contribution is 2.69. The van der Waals surface area contributed by atoms with E-state index in [1.54, 1.807) is 43.1 Å². The van der Waals surface area contributed by atoms with E-state index >= 15 is 0 Å². The van der Waals surface area contributed by atoms with Gasteiger partial charge < -0.3 is 35.5 Å². The zero-order valence-corrected chi connectivity index (χ0v) is 33.1. The summed E-state index contributed by atoms with van der Waals surface area (Å²) in [6.45, 7) is 10.3. The minimum Gasteiger partial charge on any atom is -0.369 e. The molecule has 0 radical (unpaired) electrons. The molecule has 0 aromatic carbocycles. The van der Waals surface area contributed by atoms with E-state index in [4.69, 9.17) is 40.0 Å². The zero-order valence-electron chi connectivity index (χ0n) is 27.2. The van der Waals surface area contributed by atoms with Gasteiger partial charge >= 0.3 is 23.8 Å². The summed E-state index contributed by atoms with van der Waals surface area (Å²) < 4.78 is 54.9. The summed E-state index contributed by atoms with van der Waals surface area (Å²) in [7, 11) is -10.1. The molecule has 1 aliphatic rings. The number of hydrogen-bond acceptors (Lipinski definition) is 17. The third kappa shape index (κ3) is 15.0. The van der Waals surface area contributed by atoms with Crippen LogP contribution in [0.15, 0.2) is 12.5 Å². The quantitative estimate of drug-likeness (QED) is 0.0266. The predicted octanol–water partition coefficient (Wildman–Crippen LogP) is 3.59. The highest BCUT2D eigenvalue weighted by molar-refractivity contribution is 8.77. The molecule has 0 amide bonds. The molecule has 1 saturated heterocycles. The number of nitrogens with zero attached hydrogens (tertiary/aromatic N) is 2. The Morgan fingerprint density at radius 1 is 1.16 bits per heavy atom. The molecule has 278 valence electrons. The van der Waals surface area contributed by atoms with E-state index in [1.165, 1.54) is 17.1 Å². The maximum Gasteiger partial charge on any atom is 0.580 e. The fourth-order valence-electron chi connectivity index (χ4n) is 3.91. The molecule has 1 aliphatic heterocycles. The van der Waals surface area contributed by atoms with E-state index in [2.05, 4.69) is 44.3 Å². The Balaban J connectivity index is 1.74. The summed E-state index contributed by atoms with van der Waals surface area (Å²) in [6, 6.07) is 0. The summed E-state index contributed by atoms with van der Waals surface area (Å²) in [5, 5.41) is 0.537. The number of rotatable bonds is 18. The maximum absolute atomic E-state index is 11.9. The van der Waals surface area contributed by atoms with E-state index in [-0.39, 0.29) is 34.3 Å². The summed E-state index contributed by atoms with van der Waals surface area (Å²) in [5.74, 6) is 6.89. The summed E-state index contributed by atoms with van der Waals surface area (Å²) in [5.41, 5.74) is 13.1. The molecule has 0 spiro atoms. The van der Waals surface area contributed by atoms with Gasteiger partial charge in [-0.2, -0.15) is 18.6 Å². The van der Waals surface area contributed by atoms with Gasteiger partial charge in [-0.05, 0) is 18.2 Å². The van der Waals surface area contributed by atoms with Gasteiger partial charge in [-0.25, -0.2) is 13.7 Å². The molecule has 2 aromatic rings. The summed E-state index contributed by atoms with van der Waals surface area (Å²) >= 11 is 0. The summed E-state index contributed by atoms with van der Waals surface area (Å²) in [6.07, 6.45) is 0.951. The fourth-order valence-corrected chi connectivity index (χ4v) is 11.1. The van der Waals surface area contributed by atoms with Gasteiger partial charge in [-0.15, -0.1) is 0 Å². The van der Waals surface area contributed by atoms with Crippen molar-refractivity contribution in [2.75, 3.05) is 37.4 Å². The SMILES string of the molecule is CC(C)(C)SSCOC1C[C@H]([n+]2cnc(N)c3c(C#CCOCSSC(C)(C)CN)c[nH]c32)O[C@@H]1CO[P+](O)(O)OP(=O)(O)OP(=O)(O)O. The molecule has 2 unspecified atom stereocenters. The van der Waals surface area contributed by atoms with Crippen LogP contribution < -0.4 is 16.0 Å². The first-order valence-electron chi connectivity index (χ1n) is 14.2. The number of phosphoric acid groups is 2. The lowest BCUT2D eigenvalue weighted by atomic mass is 10.2. The van der Waals surface area contributed by atoms with Crippen molar-refractivity contribution in [2.24, 2.45) is 5.73 Å². The van der Waals surface area contributed by atoms with Crippen molar-refractivity contribution in [3.05, 3.63) is 18.1 Å². The fraction of sp³-hybridized carbons (Fsp3) is 0.667. The monoisotopic (exact) mass is 829 g/mol. The van der Waals surface area contributed by atoms with Crippen LogP contribution in [0.2, 0.25) is 0 Å². The van der Waals surface area contributed by atoms with Crippen molar-refractivity contribution in [3.63, 3.8) is 0 Å². The Morgan fingerprint density at radius 2 is 1.86 bits per heavy atom. The van der Waals surface area contributed by atoms with Crippen LogP contribution in [0.3, 0.4) is 0 Å². The van der Waals surface area contributed by atoms with Crippen LogP contribution in [0.5, 0.6) is 0 Å². The highest BCUT2D eigenvalue weighted by Gasteiger charge is 2.53. The largest absolute Gasteiger partial charge is 0.580 e. The minimum absolute atomic E-state index is 0.0506. The topological polar surface area (TPSA) is 275 Å². The molecule has 25 heteroatoms. The van der Waals surface area contributed by atoms with Gasteiger partial charge in [0, 0.05) is 22.5 Å². The van der Waals surface area contributed by atoms with Crippen molar-refractivity contribution in [1.29, 1.82) is 0 Å². The second-order valence-electron chi connectivity index (χ2n) is 11.8. The number of hydrogen-bond donors (Lipinski definition) is 8. The molecule has 4 atom stereocenters. The third-order valence-corrected chi connectivity index (χ3v) is 15.8. The number of ether oxygens (including phenoxy) is 3. The number of nitrogen functional groups attached to an aromatic ring is 1. The predicted molar refractivity (Wildman–Crippen MR) is 191 cm³/mol. The normalized spacial score (nSPS) is 20.3. The first kappa shape index (κ1) is 43.2. The van der Waals surface area contributed by atoms with Crippen molar-refractivity contribution >= 4 is 83.8 Å². The molecule has 0 aliphatic carbocycles. The smallest absolute Gasteiger partial charge is 0.369 e. The molecule has 10 N–H and O–H groups in total. The van der Waals surface area contributed by atoms with E-state index in [0.717, 1.165) is 0 Å². The van der Waals surface area contributed by atoms with Crippen LogP contribution in [0.1, 0.15) is 52.8 Å². The number of anilines is 1. The Morgan fingerprint density at radius 3 is 2.51 bits per heavy atom. The van der Waals surface area contributed by atoms with Gasteiger partial charge in [0.15, 0.2) is 6.23 Å². The molecule has 3 rings (SSSR count).